The Morgan fingerprint density at radius 1 is 1.78 bits per heavy atom. The number of Topliss-reactive ketones (excluding diaryl/α,β-unsaturated/α-hetero) is 1. The maximum Gasteiger partial charge on any atom is 0.133 e. The Morgan fingerprint density at radius 3 is 3.00 bits per heavy atom. The van der Waals surface area contributed by atoms with E-state index in [9.17, 15) is 4.79 Å². The van der Waals surface area contributed by atoms with Crippen LogP contribution in [0.3, 0.4) is 0 Å². The Morgan fingerprint density at radius 2 is 2.56 bits per heavy atom. The molecule has 0 radical (unpaired) electrons. The van der Waals surface area contributed by atoms with Crippen molar-refractivity contribution in [3.05, 3.63) is 11.6 Å². The molecule has 50 valence electrons. The summed E-state index contributed by atoms with van der Waals surface area (Å²) in [5.74, 6) is 0.295. The molecule has 0 fully saturated rings. The number of hydrogen-bond acceptors (Lipinski definition) is 1. The summed E-state index contributed by atoms with van der Waals surface area (Å²) in [5, 5.41) is 0. The molecule has 0 aromatic heterocycles. The predicted molar refractivity (Wildman–Crippen MR) is 37.2 cm³/mol. The van der Waals surface area contributed by atoms with Crippen molar-refractivity contribution in [3.8, 4) is 0 Å². The topological polar surface area (TPSA) is 17.1 Å². The highest BCUT2D eigenvalue weighted by Gasteiger charge is 2.05. The Balaban J connectivity index is 2.35. The fraction of sp³-hybridized carbons (Fsp3) is 0.625. The summed E-state index contributed by atoms with van der Waals surface area (Å²) >= 11 is 0. The van der Waals surface area contributed by atoms with Gasteiger partial charge in [0.15, 0.2) is 0 Å². The summed E-state index contributed by atoms with van der Waals surface area (Å²) in [5.41, 5.74) is 1.35. The van der Waals surface area contributed by atoms with Gasteiger partial charge in [-0.3, -0.25) is 4.79 Å². The lowest BCUT2D eigenvalue weighted by Crippen LogP contribution is -1.90. The second-order valence-electron chi connectivity index (χ2n) is 2.63. The highest BCUT2D eigenvalue weighted by molar-refractivity contribution is 5.78. The Hall–Kier alpha value is -0.590. The zero-order valence-electron chi connectivity index (χ0n) is 5.81. The van der Waals surface area contributed by atoms with Crippen LogP contribution in [0, 0.1) is 0 Å². The van der Waals surface area contributed by atoms with Crippen LogP contribution in [-0.2, 0) is 4.79 Å². The number of ketones is 1. The molecule has 1 aliphatic carbocycles. The minimum atomic E-state index is 0.295. The quantitative estimate of drug-likeness (QED) is 0.515. The molecule has 0 aromatic carbocycles. The lowest BCUT2D eigenvalue weighted by Gasteiger charge is -1.93. The molecule has 0 aromatic rings. The van der Waals surface area contributed by atoms with Crippen LogP contribution in [0.15, 0.2) is 11.6 Å². The zero-order valence-corrected chi connectivity index (χ0v) is 5.81. The standard InChI is InChI=1S/C8H12O/c1-7(9)6-8-4-2-3-5-8/h4H,2-3,5-6H2,1H3. The SMILES string of the molecule is CC(=O)CC1=CCCC1. The van der Waals surface area contributed by atoms with Crippen LogP contribution in [0.2, 0.25) is 0 Å². The van der Waals surface area contributed by atoms with Gasteiger partial charge < -0.3 is 0 Å². The van der Waals surface area contributed by atoms with Crippen molar-refractivity contribution in [1.29, 1.82) is 0 Å². The van der Waals surface area contributed by atoms with E-state index in [1.165, 1.54) is 18.4 Å². The molecule has 0 saturated heterocycles. The molecular weight excluding hydrogens is 112 g/mol. The van der Waals surface area contributed by atoms with Crippen molar-refractivity contribution < 1.29 is 4.79 Å². The largest absolute Gasteiger partial charge is 0.300 e. The molecule has 0 unspecified atom stereocenters. The molecule has 1 nitrogen and oxygen atoms in total. The maximum absolute atomic E-state index is 10.6. The summed E-state index contributed by atoms with van der Waals surface area (Å²) < 4.78 is 0. The Labute approximate surface area is 55.8 Å². The molecule has 9 heavy (non-hydrogen) atoms. The van der Waals surface area contributed by atoms with Crippen LogP contribution in [0.4, 0.5) is 0 Å². The molecule has 0 amide bonds. The zero-order chi connectivity index (χ0) is 6.69. The van der Waals surface area contributed by atoms with E-state index in [4.69, 9.17) is 0 Å². The third-order valence-corrected chi connectivity index (χ3v) is 1.61. The normalized spacial score (nSPS) is 17.7. The summed E-state index contributed by atoms with van der Waals surface area (Å²) in [6.07, 6.45) is 6.48. The first-order valence-corrected chi connectivity index (χ1v) is 3.46. The maximum atomic E-state index is 10.6. The number of allylic oxidation sites excluding steroid dienone is 2. The van der Waals surface area contributed by atoms with E-state index in [1.807, 2.05) is 0 Å². The van der Waals surface area contributed by atoms with E-state index >= 15 is 0 Å². The molecule has 1 aliphatic rings. The lowest BCUT2D eigenvalue weighted by molar-refractivity contribution is -0.116. The van der Waals surface area contributed by atoms with E-state index in [0.717, 1.165) is 6.42 Å². The van der Waals surface area contributed by atoms with Crippen LogP contribution in [0.25, 0.3) is 0 Å². The first-order chi connectivity index (χ1) is 4.29. The Kier molecular flexibility index (Phi) is 2.04. The van der Waals surface area contributed by atoms with Crippen LogP contribution in [0.1, 0.15) is 32.6 Å². The van der Waals surface area contributed by atoms with Gasteiger partial charge in [-0.1, -0.05) is 11.6 Å². The van der Waals surface area contributed by atoms with Gasteiger partial charge in [0.1, 0.15) is 5.78 Å². The van der Waals surface area contributed by atoms with Gasteiger partial charge in [-0.05, 0) is 26.2 Å². The van der Waals surface area contributed by atoms with Crippen LogP contribution in [-0.4, -0.2) is 5.78 Å². The average molecular weight is 124 g/mol. The van der Waals surface area contributed by atoms with E-state index in [0.29, 0.717) is 12.2 Å². The molecule has 0 N–H and O–H groups in total. The first-order valence-electron chi connectivity index (χ1n) is 3.46. The molecule has 0 heterocycles. The third kappa shape index (κ3) is 2.00. The second-order valence-corrected chi connectivity index (χ2v) is 2.63. The second kappa shape index (κ2) is 2.81. The molecule has 1 heteroatoms. The van der Waals surface area contributed by atoms with Gasteiger partial charge >= 0.3 is 0 Å². The van der Waals surface area contributed by atoms with E-state index < -0.39 is 0 Å². The molecule has 0 saturated carbocycles. The number of hydrogen-bond donors (Lipinski definition) is 0. The van der Waals surface area contributed by atoms with E-state index in [1.54, 1.807) is 6.92 Å². The molecule has 1 rings (SSSR count). The average Bonchev–Trinajstić information content (AvgIpc) is 2.15. The summed E-state index contributed by atoms with van der Waals surface area (Å²) in [6.45, 7) is 1.65. The van der Waals surface area contributed by atoms with Crippen molar-refractivity contribution in [2.75, 3.05) is 0 Å². The van der Waals surface area contributed by atoms with Crippen LogP contribution >= 0.6 is 0 Å². The van der Waals surface area contributed by atoms with Gasteiger partial charge in [-0.25, -0.2) is 0 Å². The van der Waals surface area contributed by atoms with Gasteiger partial charge in [-0.2, -0.15) is 0 Å². The summed E-state index contributed by atoms with van der Waals surface area (Å²) in [6, 6.07) is 0. The molecular formula is C8H12O. The monoisotopic (exact) mass is 124 g/mol. The van der Waals surface area contributed by atoms with Crippen molar-refractivity contribution in [2.45, 2.75) is 32.6 Å². The molecule has 0 aliphatic heterocycles. The van der Waals surface area contributed by atoms with Gasteiger partial charge in [0, 0.05) is 6.42 Å². The third-order valence-electron chi connectivity index (χ3n) is 1.61. The minimum absolute atomic E-state index is 0.295. The smallest absolute Gasteiger partial charge is 0.133 e. The van der Waals surface area contributed by atoms with Crippen LogP contribution in [0.5, 0.6) is 0 Å². The number of carbonyl (C=O) groups excluding carboxylic acids is 1. The van der Waals surface area contributed by atoms with Crippen molar-refractivity contribution in [3.63, 3.8) is 0 Å². The van der Waals surface area contributed by atoms with Gasteiger partial charge in [0.05, 0.1) is 0 Å². The Bertz CT molecular complexity index is 145. The van der Waals surface area contributed by atoms with E-state index in [2.05, 4.69) is 6.08 Å². The molecule has 0 bridgehead atoms. The summed E-state index contributed by atoms with van der Waals surface area (Å²) in [7, 11) is 0. The van der Waals surface area contributed by atoms with E-state index in [-0.39, 0.29) is 0 Å². The summed E-state index contributed by atoms with van der Waals surface area (Å²) in [4.78, 5) is 10.6. The molecule has 0 spiro atoms. The molecule has 0 atom stereocenters. The van der Waals surface area contributed by atoms with Gasteiger partial charge in [0.2, 0.25) is 0 Å². The van der Waals surface area contributed by atoms with Crippen molar-refractivity contribution >= 4 is 5.78 Å². The van der Waals surface area contributed by atoms with Crippen molar-refractivity contribution in [2.24, 2.45) is 0 Å². The fourth-order valence-electron chi connectivity index (χ4n) is 1.22. The van der Waals surface area contributed by atoms with Crippen LogP contribution < -0.4 is 0 Å². The van der Waals surface area contributed by atoms with Crippen molar-refractivity contribution in [1.82, 2.24) is 0 Å². The predicted octanol–water partition coefficient (Wildman–Crippen LogP) is 2.08. The van der Waals surface area contributed by atoms with Gasteiger partial charge in [-0.15, -0.1) is 0 Å². The highest BCUT2D eigenvalue weighted by atomic mass is 16.1. The highest BCUT2D eigenvalue weighted by Crippen LogP contribution is 2.20. The lowest BCUT2D eigenvalue weighted by atomic mass is 10.1. The first kappa shape index (κ1) is 6.53. The number of rotatable bonds is 2. The fourth-order valence-corrected chi connectivity index (χ4v) is 1.22. The minimum Gasteiger partial charge on any atom is -0.300 e. The number of carbonyl (C=O) groups is 1. The van der Waals surface area contributed by atoms with Gasteiger partial charge in [0.25, 0.3) is 0 Å².